The molecule has 0 spiro atoms. The average molecular weight is 316 g/mol. The van der Waals surface area contributed by atoms with Crippen LogP contribution in [0, 0.1) is 5.92 Å². The van der Waals surface area contributed by atoms with E-state index in [-0.39, 0.29) is 11.8 Å². The Morgan fingerprint density at radius 3 is 2.83 bits per heavy atom. The van der Waals surface area contributed by atoms with Crippen molar-refractivity contribution in [3.05, 3.63) is 29.8 Å². The van der Waals surface area contributed by atoms with Crippen molar-refractivity contribution in [3.63, 3.8) is 0 Å². The van der Waals surface area contributed by atoms with Crippen molar-refractivity contribution in [1.82, 2.24) is 5.32 Å². The third-order valence-corrected chi connectivity index (χ3v) is 4.16. The van der Waals surface area contributed by atoms with Gasteiger partial charge >= 0.3 is 0 Å². The van der Waals surface area contributed by atoms with Gasteiger partial charge in [0.2, 0.25) is 5.91 Å². The van der Waals surface area contributed by atoms with E-state index in [1.54, 1.807) is 0 Å². The summed E-state index contributed by atoms with van der Waals surface area (Å²) in [5, 5.41) is 6.09. The Balaban J connectivity index is 1.90. The van der Waals surface area contributed by atoms with Crippen LogP contribution in [-0.4, -0.2) is 18.4 Å². The van der Waals surface area contributed by atoms with E-state index in [1.807, 2.05) is 24.3 Å². The highest BCUT2D eigenvalue weighted by molar-refractivity contribution is 5.92. The molecule has 0 atom stereocenters. The van der Waals surface area contributed by atoms with Gasteiger partial charge in [-0.15, -0.1) is 0 Å². The van der Waals surface area contributed by atoms with Gasteiger partial charge in [0.1, 0.15) is 0 Å². The van der Waals surface area contributed by atoms with E-state index in [1.165, 1.54) is 6.42 Å². The summed E-state index contributed by atoms with van der Waals surface area (Å²) in [5.74, 6) is 0.775. The van der Waals surface area contributed by atoms with E-state index < -0.39 is 0 Å². The number of nitrogens with two attached hydrogens (primary N) is 1. The standard InChI is InChI=1S/C18H28N4O/c1-2-11-20-18(19)21-13-14-7-6-10-16(12-14)22-17(23)15-8-4-3-5-9-15/h6-7,10,12,15H,2-5,8-9,11,13H2,1H3,(H,22,23)(H3,19,20,21). The van der Waals surface area contributed by atoms with Crippen LogP contribution in [0.1, 0.15) is 51.0 Å². The van der Waals surface area contributed by atoms with Crippen LogP contribution >= 0.6 is 0 Å². The zero-order valence-corrected chi connectivity index (χ0v) is 14.0. The maximum atomic E-state index is 12.3. The smallest absolute Gasteiger partial charge is 0.227 e. The largest absolute Gasteiger partial charge is 0.370 e. The number of amides is 1. The fraction of sp³-hybridized carbons (Fsp3) is 0.556. The lowest BCUT2D eigenvalue weighted by molar-refractivity contribution is -0.120. The molecule has 0 saturated heterocycles. The molecule has 0 heterocycles. The first-order chi connectivity index (χ1) is 11.2. The molecule has 4 N–H and O–H groups in total. The summed E-state index contributed by atoms with van der Waals surface area (Å²) in [6.45, 7) is 3.42. The Morgan fingerprint density at radius 1 is 1.30 bits per heavy atom. The summed E-state index contributed by atoms with van der Waals surface area (Å²) in [7, 11) is 0. The van der Waals surface area contributed by atoms with Crippen LogP contribution in [0.25, 0.3) is 0 Å². The van der Waals surface area contributed by atoms with Crippen LogP contribution in [0.15, 0.2) is 29.3 Å². The number of guanidine groups is 1. The molecule has 5 nitrogen and oxygen atoms in total. The molecule has 0 bridgehead atoms. The topological polar surface area (TPSA) is 79.5 Å². The van der Waals surface area contributed by atoms with Crippen molar-refractivity contribution < 1.29 is 4.79 Å². The molecule has 0 radical (unpaired) electrons. The Hall–Kier alpha value is -2.04. The zero-order valence-electron chi connectivity index (χ0n) is 14.0. The summed E-state index contributed by atoms with van der Waals surface area (Å²) in [4.78, 5) is 16.6. The highest BCUT2D eigenvalue weighted by Crippen LogP contribution is 2.25. The van der Waals surface area contributed by atoms with E-state index in [9.17, 15) is 4.79 Å². The minimum absolute atomic E-state index is 0.148. The van der Waals surface area contributed by atoms with E-state index >= 15 is 0 Å². The van der Waals surface area contributed by atoms with Gasteiger partial charge in [-0.05, 0) is 37.0 Å². The number of carbonyl (C=O) groups is 1. The van der Waals surface area contributed by atoms with Gasteiger partial charge in [-0.1, -0.05) is 38.3 Å². The first-order valence-electron chi connectivity index (χ1n) is 8.62. The summed E-state index contributed by atoms with van der Waals surface area (Å²) >= 11 is 0. The molecule has 5 heteroatoms. The van der Waals surface area contributed by atoms with Crippen molar-refractivity contribution in [3.8, 4) is 0 Å². The molecule has 1 aromatic carbocycles. The summed E-state index contributed by atoms with van der Waals surface area (Å²) in [5.41, 5.74) is 7.67. The molecule has 1 aliphatic carbocycles. The van der Waals surface area contributed by atoms with Crippen molar-refractivity contribution in [2.24, 2.45) is 16.6 Å². The van der Waals surface area contributed by atoms with Gasteiger partial charge in [0, 0.05) is 18.2 Å². The van der Waals surface area contributed by atoms with Gasteiger partial charge in [-0.3, -0.25) is 4.79 Å². The number of aliphatic imine (C=N–C) groups is 1. The summed E-state index contributed by atoms with van der Waals surface area (Å²) < 4.78 is 0. The Kier molecular flexibility index (Phi) is 6.91. The van der Waals surface area contributed by atoms with Crippen molar-refractivity contribution in [2.75, 3.05) is 11.9 Å². The number of carbonyl (C=O) groups excluding carboxylic acids is 1. The van der Waals surface area contributed by atoms with E-state index in [0.717, 1.165) is 49.9 Å². The lowest BCUT2D eigenvalue weighted by atomic mass is 9.88. The fourth-order valence-electron chi connectivity index (χ4n) is 2.84. The second kappa shape index (κ2) is 9.18. The highest BCUT2D eigenvalue weighted by atomic mass is 16.1. The molecule has 2 rings (SSSR count). The van der Waals surface area contributed by atoms with Gasteiger partial charge in [0.25, 0.3) is 0 Å². The van der Waals surface area contributed by atoms with E-state index in [4.69, 9.17) is 5.73 Å². The lowest BCUT2D eigenvalue weighted by Gasteiger charge is -2.20. The third kappa shape index (κ3) is 5.93. The summed E-state index contributed by atoms with van der Waals surface area (Å²) in [6, 6.07) is 7.83. The van der Waals surface area contributed by atoms with Crippen molar-refractivity contribution >= 4 is 17.6 Å². The molecule has 1 aromatic rings. The Labute approximate surface area is 138 Å². The molecule has 1 aliphatic rings. The molecular formula is C18H28N4O. The number of nitrogens with one attached hydrogen (secondary N) is 2. The van der Waals surface area contributed by atoms with Crippen LogP contribution in [0.4, 0.5) is 5.69 Å². The zero-order chi connectivity index (χ0) is 16.5. The van der Waals surface area contributed by atoms with Gasteiger partial charge < -0.3 is 16.4 Å². The predicted octanol–water partition coefficient (Wildman–Crippen LogP) is 3.02. The SMILES string of the molecule is CCCNC(N)=NCc1cccc(NC(=O)C2CCCCC2)c1. The number of benzene rings is 1. The molecule has 0 aromatic heterocycles. The van der Waals surface area contributed by atoms with Crippen LogP contribution < -0.4 is 16.4 Å². The molecule has 1 saturated carbocycles. The van der Waals surface area contributed by atoms with Gasteiger partial charge in [0.15, 0.2) is 5.96 Å². The number of hydrogen-bond acceptors (Lipinski definition) is 2. The van der Waals surface area contributed by atoms with Crippen LogP contribution in [0.2, 0.25) is 0 Å². The maximum absolute atomic E-state index is 12.3. The molecule has 0 unspecified atom stereocenters. The molecule has 126 valence electrons. The van der Waals surface area contributed by atoms with Crippen molar-refractivity contribution in [1.29, 1.82) is 0 Å². The first-order valence-corrected chi connectivity index (χ1v) is 8.62. The monoisotopic (exact) mass is 316 g/mol. The number of rotatable bonds is 6. The van der Waals surface area contributed by atoms with Gasteiger partial charge in [-0.25, -0.2) is 4.99 Å². The third-order valence-electron chi connectivity index (χ3n) is 4.16. The maximum Gasteiger partial charge on any atom is 0.227 e. The first kappa shape index (κ1) is 17.3. The summed E-state index contributed by atoms with van der Waals surface area (Å²) in [6.07, 6.45) is 6.61. The predicted molar refractivity (Wildman–Crippen MR) is 95.3 cm³/mol. The Morgan fingerprint density at radius 2 is 2.09 bits per heavy atom. The molecule has 23 heavy (non-hydrogen) atoms. The fourth-order valence-corrected chi connectivity index (χ4v) is 2.84. The number of anilines is 1. The molecule has 0 aliphatic heterocycles. The molecule has 1 amide bonds. The minimum atomic E-state index is 0.148. The highest BCUT2D eigenvalue weighted by Gasteiger charge is 2.20. The van der Waals surface area contributed by atoms with Gasteiger partial charge in [-0.2, -0.15) is 0 Å². The van der Waals surface area contributed by atoms with Gasteiger partial charge in [0.05, 0.1) is 6.54 Å². The number of nitrogens with zero attached hydrogens (tertiary/aromatic N) is 1. The lowest BCUT2D eigenvalue weighted by Crippen LogP contribution is -2.32. The van der Waals surface area contributed by atoms with E-state index in [0.29, 0.717) is 12.5 Å². The van der Waals surface area contributed by atoms with Crippen molar-refractivity contribution in [2.45, 2.75) is 52.0 Å². The minimum Gasteiger partial charge on any atom is -0.370 e. The molecular weight excluding hydrogens is 288 g/mol. The second-order valence-electron chi connectivity index (χ2n) is 6.15. The quantitative estimate of drug-likeness (QED) is 0.557. The van der Waals surface area contributed by atoms with Crippen LogP contribution in [0.3, 0.4) is 0 Å². The number of hydrogen-bond donors (Lipinski definition) is 3. The van der Waals surface area contributed by atoms with E-state index in [2.05, 4.69) is 22.5 Å². The molecule has 1 fully saturated rings. The average Bonchev–Trinajstić information content (AvgIpc) is 2.59. The Bertz CT molecular complexity index is 536. The second-order valence-corrected chi connectivity index (χ2v) is 6.15. The van der Waals surface area contributed by atoms with Crippen LogP contribution in [0.5, 0.6) is 0 Å². The normalized spacial score (nSPS) is 16.1. The van der Waals surface area contributed by atoms with Crippen LogP contribution in [-0.2, 0) is 11.3 Å².